The van der Waals surface area contributed by atoms with Crippen molar-refractivity contribution in [2.45, 2.75) is 46.6 Å². The summed E-state index contributed by atoms with van der Waals surface area (Å²) in [6, 6.07) is 0.121. The minimum absolute atomic E-state index is 0.0692. The fourth-order valence-corrected chi connectivity index (χ4v) is 4.26. The van der Waals surface area contributed by atoms with E-state index in [4.69, 9.17) is 0 Å². The summed E-state index contributed by atoms with van der Waals surface area (Å²) >= 11 is 1.67. The summed E-state index contributed by atoms with van der Waals surface area (Å²) in [4.78, 5) is 13.7. The number of rotatable bonds is 1. The summed E-state index contributed by atoms with van der Waals surface area (Å²) in [5.74, 6) is 0. The Hall–Kier alpha value is -1.16. The Bertz CT molecular complexity index is 679. The number of fused-ring (bicyclic) bond motifs is 3. The highest BCUT2D eigenvalue weighted by Gasteiger charge is 2.32. The van der Waals surface area contributed by atoms with E-state index in [1.165, 1.54) is 10.4 Å². The summed E-state index contributed by atoms with van der Waals surface area (Å²) < 4.78 is 2.47. The van der Waals surface area contributed by atoms with E-state index in [9.17, 15) is 4.79 Å². The lowest BCUT2D eigenvalue weighted by atomic mass is 9.90. The lowest BCUT2D eigenvalue weighted by Crippen LogP contribution is -2.23. The van der Waals surface area contributed by atoms with Crippen LogP contribution in [0, 0.1) is 5.41 Å². The maximum Gasteiger partial charge on any atom is 0.284 e. The molecular weight excluding hydrogens is 244 g/mol. The molecule has 1 aliphatic carbocycles. The molecule has 0 amide bonds. The van der Waals surface area contributed by atoms with Crippen molar-refractivity contribution in [3.05, 3.63) is 27.0 Å². The molecule has 0 atom stereocenters. The molecule has 18 heavy (non-hydrogen) atoms. The summed E-state index contributed by atoms with van der Waals surface area (Å²) in [7, 11) is 0. The van der Waals surface area contributed by atoms with Crippen molar-refractivity contribution < 1.29 is 0 Å². The van der Waals surface area contributed by atoms with E-state index in [1.54, 1.807) is 16.0 Å². The van der Waals surface area contributed by atoms with Gasteiger partial charge in [0.1, 0.15) is 4.70 Å². The van der Waals surface area contributed by atoms with Gasteiger partial charge in [-0.05, 0) is 37.7 Å². The lowest BCUT2D eigenvalue weighted by Gasteiger charge is -2.15. The second-order valence-electron chi connectivity index (χ2n) is 6.25. The van der Waals surface area contributed by atoms with E-state index in [0.29, 0.717) is 5.41 Å². The molecule has 0 saturated heterocycles. The van der Waals surface area contributed by atoms with Crippen molar-refractivity contribution in [3.8, 4) is 0 Å². The number of nitrogens with zero attached hydrogens (tertiary/aromatic N) is 2. The van der Waals surface area contributed by atoms with Crippen LogP contribution in [-0.4, -0.2) is 9.78 Å². The largest absolute Gasteiger partial charge is 0.284 e. The van der Waals surface area contributed by atoms with Crippen LogP contribution in [0.15, 0.2) is 11.0 Å². The molecule has 2 heterocycles. The fraction of sp³-hybridized carbons (Fsp3) is 0.571. The lowest BCUT2D eigenvalue weighted by molar-refractivity contribution is 0.394. The normalized spacial score (nSPS) is 17.6. The van der Waals surface area contributed by atoms with E-state index >= 15 is 0 Å². The topological polar surface area (TPSA) is 34.9 Å². The summed E-state index contributed by atoms with van der Waals surface area (Å²) in [6.45, 7) is 8.55. The first-order valence-electron chi connectivity index (χ1n) is 6.41. The Labute approximate surface area is 110 Å². The second-order valence-corrected chi connectivity index (χ2v) is 7.36. The first-order valence-corrected chi connectivity index (χ1v) is 7.23. The van der Waals surface area contributed by atoms with Gasteiger partial charge in [-0.2, -0.15) is 5.10 Å². The minimum atomic E-state index is 0.0692. The van der Waals surface area contributed by atoms with Crippen LogP contribution in [0.25, 0.3) is 10.1 Å². The molecular formula is C14H18N2OS. The van der Waals surface area contributed by atoms with Gasteiger partial charge in [0.15, 0.2) is 0 Å². The van der Waals surface area contributed by atoms with Gasteiger partial charge < -0.3 is 0 Å². The van der Waals surface area contributed by atoms with Crippen molar-refractivity contribution in [2.24, 2.45) is 5.41 Å². The molecule has 0 radical (unpaired) electrons. The van der Waals surface area contributed by atoms with Gasteiger partial charge in [-0.25, -0.2) is 4.68 Å². The number of hydrogen-bond acceptors (Lipinski definition) is 3. The molecule has 4 heteroatoms. The quantitative estimate of drug-likeness (QED) is 0.791. The van der Waals surface area contributed by atoms with Crippen LogP contribution in [0.1, 0.15) is 44.2 Å². The van der Waals surface area contributed by atoms with E-state index < -0.39 is 0 Å². The Morgan fingerprint density at radius 3 is 2.78 bits per heavy atom. The van der Waals surface area contributed by atoms with E-state index in [0.717, 1.165) is 22.9 Å². The number of aromatic nitrogens is 2. The third kappa shape index (κ3) is 1.62. The fourth-order valence-electron chi connectivity index (χ4n) is 2.78. The molecule has 2 aromatic rings. The monoisotopic (exact) mass is 262 g/mol. The third-order valence-electron chi connectivity index (χ3n) is 3.63. The Balaban J connectivity index is 2.25. The van der Waals surface area contributed by atoms with Crippen molar-refractivity contribution in [3.63, 3.8) is 0 Å². The van der Waals surface area contributed by atoms with Crippen molar-refractivity contribution in [2.75, 3.05) is 0 Å². The first-order chi connectivity index (χ1) is 8.39. The van der Waals surface area contributed by atoms with Gasteiger partial charge in [0.2, 0.25) is 0 Å². The molecule has 2 aromatic heterocycles. The van der Waals surface area contributed by atoms with Crippen molar-refractivity contribution in [1.82, 2.24) is 9.78 Å². The molecule has 0 bridgehead atoms. The van der Waals surface area contributed by atoms with Crippen LogP contribution < -0.4 is 5.56 Å². The smallest absolute Gasteiger partial charge is 0.266 e. The van der Waals surface area contributed by atoms with E-state index in [-0.39, 0.29) is 11.6 Å². The van der Waals surface area contributed by atoms with E-state index in [1.807, 2.05) is 20.0 Å². The molecule has 3 rings (SSSR count). The molecule has 3 nitrogen and oxygen atoms in total. The zero-order chi connectivity index (χ0) is 13.1. The average Bonchev–Trinajstić information content (AvgIpc) is 2.71. The average molecular weight is 262 g/mol. The molecule has 0 aromatic carbocycles. The summed E-state index contributed by atoms with van der Waals surface area (Å²) in [5, 5.41) is 5.40. The minimum Gasteiger partial charge on any atom is -0.266 e. The van der Waals surface area contributed by atoms with Crippen molar-refractivity contribution >= 4 is 21.4 Å². The zero-order valence-electron chi connectivity index (χ0n) is 11.3. The van der Waals surface area contributed by atoms with Crippen LogP contribution in [0.4, 0.5) is 0 Å². The van der Waals surface area contributed by atoms with Crippen LogP contribution in [0.3, 0.4) is 0 Å². The van der Waals surface area contributed by atoms with Gasteiger partial charge in [0.05, 0.1) is 12.2 Å². The van der Waals surface area contributed by atoms with Crippen LogP contribution in [-0.2, 0) is 12.8 Å². The van der Waals surface area contributed by atoms with Crippen LogP contribution in [0.2, 0.25) is 0 Å². The maximum atomic E-state index is 12.3. The highest BCUT2D eigenvalue weighted by atomic mass is 32.1. The number of hydrogen-bond donors (Lipinski definition) is 0. The van der Waals surface area contributed by atoms with Crippen LogP contribution in [0.5, 0.6) is 0 Å². The Morgan fingerprint density at radius 2 is 2.11 bits per heavy atom. The van der Waals surface area contributed by atoms with E-state index in [2.05, 4.69) is 18.9 Å². The molecule has 0 spiro atoms. The zero-order valence-corrected chi connectivity index (χ0v) is 12.1. The standard InChI is InChI=1S/C14H18N2OS/c1-8(2)16-13(17)12-10(7-15-16)9-5-14(3,4)6-11(9)18-12/h7-8H,5-6H2,1-4H3. The molecule has 96 valence electrons. The molecule has 0 fully saturated rings. The molecule has 0 aliphatic heterocycles. The van der Waals surface area contributed by atoms with Gasteiger partial charge in [-0.1, -0.05) is 13.8 Å². The predicted octanol–water partition coefficient (Wildman–Crippen LogP) is 3.16. The molecule has 1 aliphatic rings. The highest BCUT2D eigenvalue weighted by Crippen LogP contribution is 2.43. The SMILES string of the molecule is CC(C)n1ncc2c3c(sc2c1=O)CC(C)(C)C3. The highest BCUT2D eigenvalue weighted by molar-refractivity contribution is 7.19. The van der Waals surface area contributed by atoms with Gasteiger partial charge in [-0.15, -0.1) is 11.3 Å². The predicted molar refractivity (Wildman–Crippen MR) is 75.5 cm³/mol. The van der Waals surface area contributed by atoms with Gasteiger partial charge in [0, 0.05) is 10.3 Å². The first kappa shape index (κ1) is 11.9. The van der Waals surface area contributed by atoms with Gasteiger partial charge in [-0.3, -0.25) is 4.79 Å². The van der Waals surface area contributed by atoms with Gasteiger partial charge >= 0.3 is 0 Å². The third-order valence-corrected chi connectivity index (χ3v) is 4.86. The van der Waals surface area contributed by atoms with Gasteiger partial charge in [0.25, 0.3) is 5.56 Å². The number of thiophene rings is 1. The Kier molecular flexibility index (Phi) is 2.43. The summed E-state index contributed by atoms with van der Waals surface area (Å²) in [6.07, 6.45) is 4.03. The Morgan fingerprint density at radius 1 is 1.39 bits per heavy atom. The molecule has 0 saturated carbocycles. The maximum absolute atomic E-state index is 12.3. The summed E-state index contributed by atoms with van der Waals surface area (Å²) in [5.41, 5.74) is 1.77. The van der Waals surface area contributed by atoms with Crippen LogP contribution >= 0.6 is 11.3 Å². The van der Waals surface area contributed by atoms with Crippen molar-refractivity contribution in [1.29, 1.82) is 0 Å². The second kappa shape index (κ2) is 3.67. The molecule has 0 unspecified atom stereocenters. The molecule has 0 N–H and O–H groups in total.